The van der Waals surface area contributed by atoms with E-state index in [2.05, 4.69) is 38.6 Å². The fourth-order valence-electron chi connectivity index (χ4n) is 5.19. The number of fused-ring (bicyclic) bond motifs is 2. The van der Waals surface area contributed by atoms with E-state index in [4.69, 9.17) is 16.0 Å². The molecule has 2 aromatic rings. The number of likely N-dealkylation sites (tertiary alicyclic amines) is 1. The highest BCUT2D eigenvalue weighted by atomic mass is 16.6. The molecule has 1 aromatic heterocycles. The first-order valence-corrected chi connectivity index (χ1v) is 12.0. The zero-order chi connectivity index (χ0) is 23.9. The van der Waals surface area contributed by atoms with Gasteiger partial charge in [-0.25, -0.2) is 9.64 Å². The summed E-state index contributed by atoms with van der Waals surface area (Å²) in [6.45, 7) is 15.7. The summed E-state index contributed by atoms with van der Waals surface area (Å²) in [5.41, 5.74) is 4.28. The number of carbonyl (C=O) groups excluding carboxylic acids is 1. The number of nitrogens with zero attached hydrogens (tertiary/aromatic N) is 3. The van der Waals surface area contributed by atoms with Gasteiger partial charge in [0.05, 0.1) is 25.3 Å². The molecule has 0 spiro atoms. The van der Waals surface area contributed by atoms with Gasteiger partial charge in [0.15, 0.2) is 5.70 Å². The van der Waals surface area contributed by atoms with Crippen LogP contribution in [0, 0.1) is 12.5 Å². The Kier molecular flexibility index (Phi) is 5.72. The molecule has 1 fully saturated rings. The van der Waals surface area contributed by atoms with Crippen molar-refractivity contribution in [3.8, 4) is 5.75 Å². The van der Waals surface area contributed by atoms with Crippen molar-refractivity contribution in [2.75, 3.05) is 25.0 Å². The minimum Gasteiger partial charge on any atom is -0.493 e. The predicted octanol–water partition coefficient (Wildman–Crippen LogP) is 5.07. The molecule has 0 saturated carbocycles. The number of aromatic amines is 1. The van der Waals surface area contributed by atoms with E-state index in [0.717, 1.165) is 54.1 Å². The van der Waals surface area contributed by atoms with Gasteiger partial charge >= 0.3 is 6.09 Å². The Morgan fingerprint density at radius 2 is 2.06 bits per heavy atom. The van der Waals surface area contributed by atoms with Crippen LogP contribution in [0.25, 0.3) is 4.85 Å². The lowest BCUT2D eigenvalue weighted by Crippen LogP contribution is -2.42. The highest BCUT2D eigenvalue weighted by Crippen LogP contribution is 2.48. The fourth-order valence-corrected chi connectivity index (χ4v) is 5.19. The summed E-state index contributed by atoms with van der Waals surface area (Å²) in [6.07, 6.45) is 5.05. The van der Waals surface area contributed by atoms with Crippen LogP contribution in [0.1, 0.15) is 62.6 Å². The zero-order valence-corrected chi connectivity index (χ0v) is 20.0. The van der Waals surface area contributed by atoms with Crippen LogP contribution in [0.3, 0.4) is 0 Å². The lowest BCUT2D eigenvalue weighted by atomic mass is 9.81. The molecule has 1 saturated heterocycles. The number of anilines is 1. The van der Waals surface area contributed by atoms with Crippen LogP contribution in [0.2, 0.25) is 0 Å². The number of hydrogen-bond donors (Lipinski definition) is 2. The zero-order valence-electron chi connectivity index (χ0n) is 20.0. The van der Waals surface area contributed by atoms with Crippen molar-refractivity contribution in [3.05, 3.63) is 63.9 Å². The summed E-state index contributed by atoms with van der Waals surface area (Å²) in [6, 6.07) is 6.25. The van der Waals surface area contributed by atoms with Crippen molar-refractivity contribution in [2.45, 2.75) is 58.0 Å². The molecule has 0 aliphatic carbocycles. The Bertz CT molecular complexity index is 1160. The molecule has 3 aliphatic heterocycles. The Morgan fingerprint density at radius 1 is 1.26 bits per heavy atom. The van der Waals surface area contributed by atoms with Crippen LogP contribution >= 0.6 is 0 Å². The van der Waals surface area contributed by atoms with E-state index in [1.165, 1.54) is 5.56 Å². The number of rotatable bonds is 2. The van der Waals surface area contributed by atoms with Crippen LogP contribution in [0.4, 0.5) is 10.6 Å². The maximum atomic E-state index is 12.5. The van der Waals surface area contributed by atoms with E-state index >= 15 is 0 Å². The van der Waals surface area contributed by atoms with Gasteiger partial charge in [0.2, 0.25) is 0 Å². The number of hydrogen-bond acceptors (Lipinski definition) is 5. The number of aryl methyl sites for hydroxylation is 1. The number of nitrogens with one attached hydrogen (secondary N) is 2. The van der Waals surface area contributed by atoms with Gasteiger partial charge in [0.25, 0.3) is 0 Å². The molecule has 0 radical (unpaired) electrons. The molecule has 8 heteroatoms. The van der Waals surface area contributed by atoms with Crippen molar-refractivity contribution in [1.29, 1.82) is 0 Å². The van der Waals surface area contributed by atoms with Crippen molar-refractivity contribution in [1.82, 2.24) is 15.1 Å². The van der Waals surface area contributed by atoms with Gasteiger partial charge in [-0.05, 0) is 63.5 Å². The van der Waals surface area contributed by atoms with E-state index in [1.54, 1.807) is 4.90 Å². The second kappa shape index (κ2) is 8.71. The minimum absolute atomic E-state index is 0.141. The second-order valence-electron chi connectivity index (χ2n) is 10.2. The summed E-state index contributed by atoms with van der Waals surface area (Å²) >= 11 is 0. The molecule has 178 valence electrons. The highest BCUT2D eigenvalue weighted by molar-refractivity contribution is 5.68. The molecular formula is C26H31N5O3. The average molecular weight is 462 g/mol. The maximum absolute atomic E-state index is 12.5. The van der Waals surface area contributed by atoms with E-state index in [0.29, 0.717) is 25.4 Å². The summed E-state index contributed by atoms with van der Waals surface area (Å²) in [7, 11) is 0. The van der Waals surface area contributed by atoms with Gasteiger partial charge in [0, 0.05) is 24.4 Å². The number of aromatic nitrogens is 2. The first kappa shape index (κ1) is 22.3. The van der Waals surface area contributed by atoms with Gasteiger partial charge in [-0.1, -0.05) is 18.2 Å². The normalized spacial score (nSPS) is 20.5. The highest BCUT2D eigenvalue weighted by Gasteiger charge is 2.38. The van der Waals surface area contributed by atoms with Crippen LogP contribution in [-0.4, -0.2) is 46.5 Å². The third kappa shape index (κ3) is 4.11. The largest absolute Gasteiger partial charge is 0.493 e. The molecule has 2 N–H and O–H groups in total. The topological polar surface area (TPSA) is 83.8 Å². The molecule has 34 heavy (non-hydrogen) atoms. The van der Waals surface area contributed by atoms with Gasteiger partial charge < -0.3 is 19.7 Å². The maximum Gasteiger partial charge on any atom is 0.410 e. The van der Waals surface area contributed by atoms with Gasteiger partial charge in [-0.15, -0.1) is 0 Å². The number of piperidine rings is 1. The number of ether oxygens (including phenoxy) is 2. The second-order valence-corrected chi connectivity index (χ2v) is 10.2. The van der Waals surface area contributed by atoms with Crippen LogP contribution in [0.15, 0.2) is 35.8 Å². The Hall–Kier alpha value is -3.47. The molecule has 1 unspecified atom stereocenters. The van der Waals surface area contributed by atoms with Crippen LogP contribution in [-0.2, 0) is 11.2 Å². The molecule has 3 aliphatic rings. The number of H-pyrrole nitrogens is 1. The average Bonchev–Trinajstić information content (AvgIpc) is 3.30. The smallest absolute Gasteiger partial charge is 0.410 e. The number of allylic oxidation sites excluding steroid dienone is 2. The van der Waals surface area contributed by atoms with Crippen molar-refractivity contribution < 1.29 is 14.3 Å². The SMILES string of the molecule is [C-]#[N+]C1=C(C2CCN(C(=O)OC(C)(C)C)CC2)Nc2[nH]ncc2C1c1cccc2c1OCCC2. The lowest BCUT2D eigenvalue weighted by Gasteiger charge is -2.37. The minimum atomic E-state index is -0.514. The molecule has 5 rings (SSSR count). The van der Waals surface area contributed by atoms with E-state index in [9.17, 15) is 4.79 Å². The monoisotopic (exact) mass is 461 g/mol. The predicted molar refractivity (Wildman–Crippen MR) is 128 cm³/mol. The van der Waals surface area contributed by atoms with E-state index in [1.807, 2.05) is 27.0 Å². The van der Waals surface area contributed by atoms with Crippen molar-refractivity contribution >= 4 is 11.9 Å². The molecule has 8 nitrogen and oxygen atoms in total. The quantitative estimate of drug-likeness (QED) is 0.610. The molecule has 0 bridgehead atoms. The van der Waals surface area contributed by atoms with E-state index < -0.39 is 5.60 Å². The van der Waals surface area contributed by atoms with Gasteiger partial charge in [-0.3, -0.25) is 5.10 Å². The van der Waals surface area contributed by atoms with E-state index in [-0.39, 0.29) is 17.9 Å². The molecule has 4 heterocycles. The fraction of sp³-hybridized carbons (Fsp3) is 0.500. The van der Waals surface area contributed by atoms with Crippen LogP contribution in [0.5, 0.6) is 5.75 Å². The van der Waals surface area contributed by atoms with Gasteiger partial charge in [-0.2, -0.15) is 5.10 Å². The number of amides is 1. The number of benzene rings is 1. The third-order valence-corrected chi connectivity index (χ3v) is 6.74. The van der Waals surface area contributed by atoms with Crippen molar-refractivity contribution in [2.24, 2.45) is 5.92 Å². The molecule has 1 amide bonds. The standard InChI is InChI=1S/C26H31N5O3/c1-26(2,3)34-25(32)31-12-10-16(11-13-31)21-22(27-4)20(19-15-28-30-24(19)29-21)18-9-5-7-17-8-6-14-33-23(17)18/h5,7,9,15-16,20H,6,8,10-14H2,1-3H3,(H2,28,29,30). The Labute approximate surface area is 200 Å². The summed E-state index contributed by atoms with van der Waals surface area (Å²) < 4.78 is 11.7. The summed E-state index contributed by atoms with van der Waals surface area (Å²) in [4.78, 5) is 18.3. The lowest BCUT2D eigenvalue weighted by molar-refractivity contribution is 0.0194. The molecular weight excluding hydrogens is 430 g/mol. The molecule has 1 atom stereocenters. The Morgan fingerprint density at radius 3 is 2.79 bits per heavy atom. The number of para-hydroxylation sites is 1. The third-order valence-electron chi connectivity index (χ3n) is 6.74. The van der Waals surface area contributed by atoms with Gasteiger partial charge in [0.1, 0.15) is 17.2 Å². The first-order chi connectivity index (χ1) is 16.4. The summed E-state index contributed by atoms with van der Waals surface area (Å²) in [5.74, 6) is 1.64. The summed E-state index contributed by atoms with van der Waals surface area (Å²) in [5, 5.41) is 10.8. The Balaban J connectivity index is 1.46. The van der Waals surface area contributed by atoms with Crippen LogP contribution < -0.4 is 10.1 Å². The molecule has 1 aromatic carbocycles. The van der Waals surface area contributed by atoms with Crippen molar-refractivity contribution in [3.63, 3.8) is 0 Å². The number of carbonyl (C=O) groups is 1. The first-order valence-electron chi connectivity index (χ1n) is 12.0.